The van der Waals surface area contributed by atoms with E-state index < -0.39 is 12.1 Å². The van der Waals surface area contributed by atoms with Gasteiger partial charge in [-0.3, -0.25) is 4.79 Å². The van der Waals surface area contributed by atoms with Crippen LogP contribution in [0.5, 0.6) is 0 Å². The van der Waals surface area contributed by atoms with Crippen molar-refractivity contribution in [1.29, 1.82) is 5.26 Å². The summed E-state index contributed by atoms with van der Waals surface area (Å²) in [6.07, 6.45) is -0.961. The number of benzene rings is 2. The molecule has 2 aromatic rings. The largest absolute Gasteiger partial charge is 0.490 e. The molecule has 168 valence electrons. The number of piperidine rings is 1. The summed E-state index contributed by atoms with van der Waals surface area (Å²) in [5.74, 6) is -3.04. The Hall–Kier alpha value is -3.35. The lowest BCUT2D eigenvalue weighted by Crippen LogP contribution is -2.22. The van der Waals surface area contributed by atoms with Crippen molar-refractivity contribution in [1.82, 2.24) is 5.32 Å². The Morgan fingerprint density at radius 1 is 1.16 bits per heavy atom. The van der Waals surface area contributed by atoms with Crippen molar-refractivity contribution >= 4 is 35.2 Å². The second-order valence-electron chi connectivity index (χ2n) is 6.71. The Morgan fingerprint density at radius 2 is 1.78 bits per heavy atom. The molecule has 3 N–H and O–H groups in total. The van der Waals surface area contributed by atoms with E-state index in [0.29, 0.717) is 21.8 Å². The molecule has 1 aliphatic rings. The lowest BCUT2D eigenvalue weighted by atomic mass is 10.0. The first-order valence-electron chi connectivity index (χ1n) is 9.42. The number of aliphatic carboxylic acids is 1. The van der Waals surface area contributed by atoms with E-state index in [-0.39, 0.29) is 5.91 Å². The molecular weight excluding hydrogens is 447 g/mol. The third kappa shape index (κ3) is 7.41. The zero-order valence-electron chi connectivity index (χ0n) is 16.7. The van der Waals surface area contributed by atoms with Crippen molar-refractivity contribution in [3.05, 3.63) is 69.8 Å². The van der Waals surface area contributed by atoms with Crippen LogP contribution in [0, 0.1) is 11.3 Å². The molecule has 32 heavy (non-hydrogen) atoms. The quantitative estimate of drug-likeness (QED) is 0.600. The molecule has 1 amide bonds. The summed E-state index contributed by atoms with van der Waals surface area (Å²) in [6, 6.07) is 14.2. The van der Waals surface area contributed by atoms with Gasteiger partial charge in [0.2, 0.25) is 0 Å². The van der Waals surface area contributed by atoms with Crippen LogP contribution in [-0.2, 0) is 4.79 Å². The van der Waals surface area contributed by atoms with Crippen LogP contribution in [0.2, 0.25) is 5.02 Å². The van der Waals surface area contributed by atoms with Crippen LogP contribution in [0.25, 0.3) is 6.08 Å². The van der Waals surface area contributed by atoms with Crippen LogP contribution in [0.15, 0.2) is 48.0 Å². The van der Waals surface area contributed by atoms with Crippen molar-refractivity contribution in [2.45, 2.75) is 19.0 Å². The first-order chi connectivity index (χ1) is 15.1. The van der Waals surface area contributed by atoms with Gasteiger partial charge in [0.1, 0.15) is 0 Å². The molecule has 0 bridgehead atoms. The molecular formula is C22H19ClF3N3O3. The van der Waals surface area contributed by atoms with Crippen LogP contribution >= 0.6 is 11.6 Å². The van der Waals surface area contributed by atoms with Gasteiger partial charge in [-0.1, -0.05) is 41.4 Å². The van der Waals surface area contributed by atoms with Crippen LogP contribution in [-0.4, -0.2) is 36.2 Å². The summed E-state index contributed by atoms with van der Waals surface area (Å²) in [5.41, 5.74) is 3.70. The van der Waals surface area contributed by atoms with E-state index in [1.165, 1.54) is 5.57 Å². The van der Waals surface area contributed by atoms with Gasteiger partial charge in [0.25, 0.3) is 5.91 Å². The number of carboxylic acids is 1. The zero-order valence-corrected chi connectivity index (χ0v) is 17.4. The molecule has 0 aromatic heterocycles. The van der Waals surface area contributed by atoms with Gasteiger partial charge in [-0.25, -0.2) is 4.79 Å². The molecule has 2 aromatic carbocycles. The van der Waals surface area contributed by atoms with E-state index in [2.05, 4.69) is 16.7 Å². The number of alkyl halides is 3. The molecule has 1 heterocycles. The van der Waals surface area contributed by atoms with Crippen LogP contribution in [0.4, 0.5) is 18.9 Å². The molecule has 6 nitrogen and oxygen atoms in total. The number of halogens is 4. The van der Waals surface area contributed by atoms with Gasteiger partial charge in [0, 0.05) is 5.56 Å². The van der Waals surface area contributed by atoms with E-state index >= 15 is 0 Å². The monoisotopic (exact) mass is 465 g/mol. The molecule has 10 heteroatoms. The highest BCUT2D eigenvalue weighted by Gasteiger charge is 2.38. The van der Waals surface area contributed by atoms with Crippen LogP contribution < -0.4 is 10.6 Å². The van der Waals surface area contributed by atoms with Gasteiger partial charge >= 0.3 is 12.1 Å². The Labute approximate surface area is 187 Å². The first kappa shape index (κ1) is 24.9. The third-order valence-corrected chi connectivity index (χ3v) is 4.80. The normalized spacial score (nSPS) is 13.3. The number of nitriles is 1. The van der Waals surface area contributed by atoms with Gasteiger partial charge in [-0.2, -0.15) is 18.4 Å². The van der Waals surface area contributed by atoms with Crippen molar-refractivity contribution < 1.29 is 27.9 Å². The summed E-state index contributed by atoms with van der Waals surface area (Å²) in [5, 5.41) is 22.8. The standard InChI is InChI=1S/C20H18ClN3O.C2HF3O2/c21-19-16(11-14-7-9-23-10-8-14)4-2-6-18(19)24-20(25)17-5-1-3-15(12-17)13-22;3-2(4,5)1(6)7/h1-6,11-12,23H,7-10H2,(H,24,25);(H,6,7). The van der Waals surface area contributed by atoms with Crippen LogP contribution in [0.1, 0.15) is 34.3 Å². The molecule has 0 radical (unpaired) electrons. The Balaban J connectivity index is 0.000000451. The highest BCUT2D eigenvalue weighted by molar-refractivity contribution is 6.35. The van der Waals surface area contributed by atoms with E-state index in [1.54, 1.807) is 30.3 Å². The SMILES string of the molecule is N#Cc1cccc(C(=O)Nc2cccc(C=C3CCNCC3)c2Cl)c1.O=C(O)C(F)(F)F. The molecule has 0 unspecified atom stereocenters. The number of amides is 1. The Morgan fingerprint density at radius 3 is 2.38 bits per heavy atom. The van der Waals surface area contributed by atoms with Gasteiger partial charge in [0.05, 0.1) is 22.3 Å². The predicted molar refractivity (Wildman–Crippen MR) is 114 cm³/mol. The molecule has 0 atom stereocenters. The second-order valence-corrected chi connectivity index (χ2v) is 7.09. The Kier molecular flexibility index (Phi) is 8.81. The van der Waals surface area contributed by atoms with Crippen molar-refractivity contribution in [2.24, 2.45) is 0 Å². The highest BCUT2D eigenvalue weighted by atomic mass is 35.5. The van der Waals surface area contributed by atoms with Gasteiger partial charge in [0.15, 0.2) is 0 Å². The number of hydrogen-bond acceptors (Lipinski definition) is 4. The topological polar surface area (TPSA) is 102 Å². The maximum absolute atomic E-state index is 12.4. The third-order valence-electron chi connectivity index (χ3n) is 4.38. The first-order valence-corrected chi connectivity index (χ1v) is 9.80. The number of nitrogens with zero attached hydrogens (tertiary/aromatic N) is 1. The maximum Gasteiger partial charge on any atom is 0.490 e. The number of nitrogens with one attached hydrogen (secondary N) is 2. The lowest BCUT2D eigenvalue weighted by molar-refractivity contribution is -0.192. The average Bonchev–Trinajstić information content (AvgIpc) is 2.77. The number of carbonyl (C=O) groups excluding carboxylic acids is 1. The molecule has 0 spiro atoms. The minimum absolute atomic E-state index is 0.286. The number of carboxylic acid groups (broad SMARTS) is 1. The highest BCUT2D eigenvalue weighted by Crippen LogP contribution is 2.29. The lowest BCUT2D eigenvalue weighted by Gasteiger charge is -2.16. The second kappa shape index (κ2) is 11.3. The molecule has 1 fully saturated rings. The average molecular weight is 466 g/mol. The summed E-state index contributed by atoms with van der Waals surface area (Å²) in [4.78, 5) is 21.3. The molecule has 3 rings (SSSR count). The maximum atomic E-state index is 12.4. The Bertz CT molecular complexity index is 1050. The van der Waals surface area contributed by atoms with Crippen molar-refractivity contribution in [2.75, 3.05) is 18.4 Å². The summed E-state index contributed by atoms with van der Waals surface area (Å²) in [7, 11) is 0. The van der Waals surface area contributed by atoms with Gasteiger partial charge in [-0.05, 0) is 55.8 Å². The van der Waals surface area contributed by atoms with Crippen molar-refractivity contribution in [3.63, 3.8) is 0 Å². The fraction of sp³-hybridized carbons (Fsp3) is 0.227. The molecule has 0 saturated carbocycles. The summed E-state index contributed by atoms with van der Waals surface area (Å²) >= 11 is 6.49. The van der Waals surface area contributed by atoms with E-state index in [0.717, 1.165) is 31.5 Å². The van der Waals surface area contributed by atoms with E-state index in [4.69, 9.17) is 26.8 Å². The number of anilines is 1. The molecule has 1 aliphatic heterocycles. The minimum Gasteiger partial charge on any atom is -0.475 e. The molecule has 0 aliphatic carbocycles. The van der Waals surface area contributed by atoms with E-state index in [9.17, 15) is 18.0 Å². The fourth-order valence-corrected chi connectivity index (χ4v) is 3.02. The number of carbonyl (C=O) groups is 2. The zero-order chi connectivity index (χ0) is 23.7. The van der Waals surface area contributed by atoms with Gasteiger partial charge in [-0.15, -0.1) is 0 Å². The smallest absolute Gasteiger partial charge is 0.475 e. The molecule has 1 saturated heterocycles. The van der Waals surface area contributed by atoms with Crippen LogP contribution in [0.3, 0.4) is 0 Å². The van der Waals surface area contributed by atoms with E-state index in [1.807, 2.05) is 18.2 Å². The predicted octanol–water partition coefficient (Wildman–Crippen LogP) is 4.86. The van der Waals surface area contributed by atoms with Crippen molar-refractivity contribution in [3.8, 4) is 6.07 Å². The fourth-order valence-electron chi connectivity index (χ4n) is 2.79. The number of rotatable bonds is 3. The number of hydrogen-bond donors (Lipinski definition) is 3. The summed E-state index contributed by atoms with van der Waals surface area (Å²) in [6.45, 7) is 1.96. The summed E-state index contributed by atoms with van der Waals surface area (Å²) < 4.78 is 31.7. The minimum atomic E-state index is -5.08. The van der Waals surface area contributed by atoms with Gasteiger partial charge < -0.3 is 15.7 Å².